The van der Waals surface area contributed by atoms with E-state index in [-0.39, 0.29) is 17.6 Å². The summed E-state index contributed by atoms with van der Waals surface area (Å²) < 4.78 is 13.2. The Labute approximate surface area is 164 Å². The first-order valence-electron chi connectivity index (χ1n) is 8.84. The number of carbonyl (C=O) groups excluding carboxylic acids is 2. The molecule has 0 spiro atoms. The molecule has 1 aromatic heterocycles. The van der Waals surface area contributed by atoms with Crippen LogP contribution >= 0.6 is 11.8 Å². The van der Waals surface area contributed by atoms with Gasteiger partial charge in [0.15, 0.2) is 0 Å². The van der Waals surface area contributed by atoms with Crippen molar-refractivity contribution in [2.24, 2.45) is 0 Å². The molecule has 6 nitrogen and oxygen atoms in total. The number of carbonyl (C=O) groups is 2. The molecule has 0 radical (unpaired) electrons. The zero-order chi connectivity index (χ0) is 19.5. The summed E-state index contributed by atoms with van der Waals surface area (Å²) in [7, 11) is 0. The molecule has 0 unspecified atom stereocenters. The van der Waals surface area contributed by atoms with Crippen molar-refractivity contribution < 1.29 is 14.0 Å². The van der Waals surface area contributed by atoms with Crippen LogP contribution in [0.5, 0.6) is 0 Å². The normalized spacial score (nSPS) is 13.3. The van der Waals surface area contributed by atoms with Gasteiger partial charge in [0.1, 0.15) is 16.5 Å². The molecule has 1 aliphatic carbocycles. The van der Waals surface area contributed by atoms with Gasteiger partial charge in [0.2, 0.25) is 5.91 Å². The topological polar surface area (TPSA) is 84.0 Å². The fourth-order valence-electron chi connectivity index (χ4n) is 2.75. The lowest BCUT2D eigenvalue weighted by Gasteiger charge is -2.09. The number of thioether (sulfide) groups is 1. The van der Waals surface area contributed by atoms with E-state index in [0.717, 1.165) is 29.2 Å². The number of fused-ring (bicyclic) bond motifs is 1. The highest BCUT2D eigenvalue weighted by Gasteiger charge is 2.24. The third-order valence-electron chi connectivity index (χ3n) is 4.28. The highest BCUT2D eigenvalue weighted by Crippen LogP contribution is 2.31. The molecule has 2 N–H and O–H groups in total. The van der Waals surface area contributed by atoms with Gasteiger partial charge in [-0.2, -0.15) is 0 Å². The van der Waals surface area contributed by atoms with Crippen LogP contribution in [0.15, 0.2) is 53.6 Å². The summed E-state index contributed by atoms with van der Waals surface area (Å²) >= 11 is 1.22. The van der Waals surface area contributed by atoms with E-state index in [0.29, 0.717) is 10.7 Å². The predicted molar refractivity (Wildman–Crippen MR) is 105 cm³/mol. The first kappa shape index (κ1) is 18.4. The van der Waals surface area contributed by atoms with Gasteiger partial charge in [-0.05, 0) is 37.1 Å². The molecule has 2 aromatic carbocycles. The number of halogens is 1. The van der Waals surface area contributed by atoms with Crippen LogP contribution in [0, 0.1) is 5.82 Å². The lowest BCUT2D eigenvalue weighted by Crippen LogP contribution is -2.41. The third kappa shape index (κ3) is 4.28. The second-order valence-corrected chi connectivity index (χ2v) is 7.45. The van der Waals surface area contributed by atoms with E-state index in [4.69, 9.17) is 0 Å². The van der Waals surface area contributed by atoms with Crippen molar-refractivity contribution in [3.63, 3.8) is 0 Å². The van der Waals surface area contributed by atoms with Crippen molar-refractivity contribution in [1.29, 1.82) is 0 Å². The van der Waals surface area contributed by atoms with Crippen LogP contribution < -0.4 is 10.6 Å². The first-order chi connectivity index (χ1) is 13.6. The fraction of sp³-hybridized carbons (Fsp3) is 0.200. The lowest BCUT2D eigenvalue weighted by molar-refractivity contribution is -0.117. The Kier molecular flexibility index (Phi) is 5.21. The number of benzene rings is 2. The third-order valence-corrected chi connectivity index (χ3v) is 5.26. The van der Waals surface area contributed by atoms with E-state index >= 15 is 0 Å². The Hall–Kier alpha value is -3.00. The van der Waals surface area contributed by atoms with Gasteiger partial charge >= 0.3 is 6.03 Å². The molecule has 0 bridgehead atoms. The molecule has 0 aliphatic heterocycles. The number of rotatable bonds is 5. The van der Waals surface area contributed by atoms with Crippen LogP contribution in [0.2, 0.25) is 0 Å². The van der Waals surface area contributed by atoms with Crippen molar-refractivity contribution >= 4 is 34.5 Å². The molecule has 3 aromatic rings. The predicted octanol–water partition coefficient (Wildman–Crippen LogP) is 3.52. The van der Waals surface area contributed by atoms with E-state index in [1.807, 2.05) is 24.3 Å². The summed E-state index contributed by atoms with van der Waals surface area (Å²) in [5.74, 6) is -0.659. The molecule has 1 saturated carbocycles. The molecule has 4 rings (SSSR count). The molecule has 1 fully saturated rings. The van der Waals surface area contributed by atoms with Crippen molar-refractivity contribution in [2.45, 2.75) is 23.9 Å². The molecule has 0 atom stereocenters. The number of amides is 3. The summed E-state index contributed by atoms with van der Waals surface area (Å²) in [5.41, 5.74) is 1.41. The van der Waals surface area contributed by atoms with Crippen LogP contribution in [0.1, 0.15) is 12.8 Å². The van der Waals surface area contributed by atoms with Crippen molar-refractivity contribution in [1.82, 2.24) is 20.8 Å². The highest BCUT2D eigenvalue weighted by atomic mass is 32.2. The Morgan fingerprint density at radius 3 is 2.46 bits per heavy atom. The Bertz CT molecular complexity index is 1040. The minimum atomic E-state index is -0.462. The number of hydrogen-bond acceptors (Lipinski definition) is 5. The summed E-state index contributed by atoms with van der Waals surface area (Å²) in [5, 5.41) is 15.9. The summed E-state index contributed by atoms with van der Waals surface area (Å²) in [6.07, 6.45) is 1.91. The average Bonchev–Trinajstić information content (AvgIpc) is 3.50. The van der Waals surface area contributed by atoms with Crippen LogP contribution in [-0.4, -0.2) is 33.9 Å². The van der Waals surface area contributed by atoms with Crippen LogP contribution in [0.25, 0.3) is 22.0 Å². The standard InChI is InChI=1S/C20H17FN4O2S/c21-13-7-5-12(6-8-13)18-15-3-1-2-4-16(15)19(25-24-18)28-11-17(26)23-20(27)22-14-9-10-14/h1-8,14H,9-11H2,(H2,22,23,26,27). The van der Waals surface area contributed by atoms with Gasteiger partial charge in [-0.25, -0.2) is 9.18 Å². The van der Waals surface area contributed by atoms with Crippen LogP contribution in [0.4, 0.5) is 9.18 Å². The SMILES string of the molecule is O=C(CSc1nnc(-c2ccc(F)cc2)c2ccccc12)NC(=O)NC1CC1. The first-order valence-corrected chi connectivity index (χ1v) is 9.83. The minimum absolute atomic E-state index is 0.0483. The van der Waals surface area contributed by atoms with E-state index in [1.165, 1.54) is 23.9 Å². The monoisotopic (exact) mass is 396 g/mol. The van der Waals surface area contributed by atoms with Crippen molar-refractivity contribution in [3.8, 4) is 11.3 Å². The van der Waals surface area contributed by atoms with Gasteiger partial charge in [0, 0.05) is 22.4 Å². The van der Waals surface area contributed by atoms with Gasteiger partial charge in [-0.15, -0.1) is 10.2 Å². The second-order valence-electron chi connectivity index (χ2n) is 6.49. The van der Waals surface area contributed by atoms with Crippen LogP contribution in [-0.2, 0) is 4.79 Å². The number of aromatic nitrogens is 2. The molecule has 28 heavy (non-hydrogen) atoms. The molecule has 1 heterocycles. The zero-order valence-electron chi connectivity index (χ0n) is 14.8. The molecule has 0 saturated heterocycles. The number of nitrogens with one attached hydrogen (secondary N) is 2. The fourth-order valence-corrected chi connectivity index (χ4v) is 3.52. The van der Waals surface area contributed by atoms with E-state index < -0.39 is 11.9 Å². The largest absolute Gasteiger partial charge is 0.335 e. The Balaban J connectivity index is 1.51. The second kappa shape index (κ2) is 7.93. The maximum absolute atomic E-state index is 13.2. The molecular weight excluding hydrogens is 379 g/mol. The summed E-state index contributed by atoms with van der Waals surface area (Å²) in [6.45, 7) is 0. The van der Waals surface area contributed by atoms with E-state index in [2.05, 4.69) is 20.8 Å². The Morgan fingerprint density at radius 2 is 1.75 bits per heavy atom. The van der Waals surface area contributed by atoms with Crippen molar-refractivity contribution in [3.05, 3.63) is 54.3 Å². The molecule has 3 amide bonds. The number of hydrogen-bond donors (Lipinski definition) is 2. The molecular formula is C20H17FN4O2S. The van der Waals surface area contributed by atoms with Gasteiger partial charge in [0.05, 0.1) is 5.75 Å². The maximum atomic E-state index is 13.2. The van der Waals surface area contributed by atoms with Gasteiger partial charge in [-0.3, -0.25) is 10.1 Å². The molecule has 8 heteroatoms. The number of urea groups is 1. The van der Waals surface area contributed by atoms with E-state index in [1.54, 1.807) is 12.1 Å². The lowest BCUT2D eigenvalue weighted by atomic mass is 10.1. The van der Waals surface area contributed by atoms with Crippen molar-refractivity contribution in [2.75, 3.05) is 5.75 Å². The molecule has 142 valence electrons. The van der Waals surface area contributed by atoms with Crippen LogP contribution in [0.3, 0.4) is 0 Å². The van der Waals surface area contributed by atoms with Gasteiger partial charge < -0.3 is 5.32 Å². The van der Waals surface area contributed by atoms with Gasteiger partial charge in [-0.1, -0.05) is 36.0 Å². The number of imide groups is 1. The Morgan fingerprint density at radius 1 is 1.04 bits per heavy atom. The quantitative estimate of drug-likeness (QED) is 0.645. The van der Waals surface area contributed by atoms with E-state index in [9.17, 15) is 14.0 Å². The smallest absolute Gasteiger partial charge is 0.321 e. The number of nitrogens with zero attached hydrogens (tertiary/aromatic N) is 2. The van der Waals surface area contributed by atoms with Gasteiger partial charge in [0.25, 0.3) is 0 Å². The maximum Gasteiger partial charge on any atom is 0.321 e. The summed E-state index contributed by atoms with van der Waals surface area (Å²) in [4.78, 5) is 23.7. The highest BCUT2D eigenvalue weighted by molar-refractivity contribution is 8.00. The minimum Gasteiger partial charge on any atom is -0.335 e. The average molecular weight is 396 g/mol. The zero-order valence-corrected chi connectivity index (χ0v) is 15.6. The molecule has 1 aliphatic rings. The summed E-state index contributed by atoms with van der Waals surface area (Å²) in [6, 6.07) is 13.4.